The fourth-order valence-corrected chi connectivity index (χ4v) is 1.71. The fraction of sp³-hybridized carbons (Fsp3) is 0.857. The molecule has 0 spiro atoms. The summed E-state index contributed by atoms with van der Waals surface area (Å²) in [7, 11) is 0. The molecule has 0 radical (unpaired) electrons. The number of nitrogens with two attached hydrogens (primary N) is 1. The van der Waals surface area contributed by atoms with Crippen LogP contribution >= 0.6 is 0 Å². The minimum absolute atomic E-state index is 0.0973. The van der Waals surface area contributed by atoms with E-state index in [9.17, 15) is 9.59 Å². The molecule has 0 aliphatic heterocycles. The summed E-state index contributed by atoms with van der Waals surface area (Å²) in [5.41, 5.74) is 5.39. The average Bonchev–Trinajstić information content (AvgIpc) is 2.19. The van der Waals surface area contributed by atoms with Crippen LogP contribution in [0.15, 0.2) is 0 Å². The lowest BCUT2D eigenvalue weighted by atomic mass is 9.84. The van der Waals surface area contributed by atoms with Crippen molar-refractivity contribution in [3.8, 4) is 0 Å². The smallest absolute Gasteiger partial charge is 0.308 e. The van der Waals surface area contributed by atoms with Crippen molar-refractivity contribution in [1.82, 2.24) is 5.32 Å². The lowest BCUT2D eigenvalue weighted by molar-refractivity contribution is -0.142. The average molecular weight is 272 g/mol. The molecule has 0 heterocycles. The van der Waals surface area contributed by atoms with Crippen LogP contribution in [0.25, 0.3) is 0 Å². The minimum atomic E-state index is -0.889. The number of nitrogens with one attached hydrogen (secondary N) is 1. The molecule has 0 aliphatic carbocycles. The highest BCUT2D eigenvalue weighted by atomic mass is 16.4. The summed E-state index contributed by atoms with van der Waals surface area (Å²) in [6.07, 6.45) is 0.507. The Hall–Kier alpha value is -1.10. The summed E-state index contributed by atoms with van der Waals surface area (Å²) in [6.45, 7) is 11.7. The highest BCUT2D eigenvalue weighted by Crippen LogP contribution is 2.24. The Balaban J connectivity index is 4.50. The number of aliphatic carboxylic acids is 1. The molecule has 0 saturated heterocycles. The van der Waals surface area contributed by atoms with Gasteiger partial charge in [-0.15, -0.1) is 0 Å². The lowest BCUT2D eigenvalue weighted by Crippen LogP contribution is -2.50. The second-order valence-electron chi connectivity index (χ2n) is 7.39. The van der Waals surface area contributed by atoms with Crippen LogP contribution in [0.5, 0.6) is 0 Å². The Morgan fingerprint density at radius 3 is 1.95 bits per heavy atom. The quantitative estimate of drug-likeness (QED) is 0.709. The summed E-state index contributed by atoms with van der Waals surface area (Å²) in [4.78, 5) is 23.0. The second-order valence-corrected chi connectivity index (χ2v) is 7.39. The van der Waals surface area contributed by atoms with Crippen LogP contribution in [0.4, 0.5) is 0 Å². The molecule has 4 N–H and O–H groups in total. The molecular formula is C14H28N2O3. The molecule has 1 amide bonds. The van der Waals surface area contributed by atoms with Crippen molar-refractivity contribution < 1.29 is 14.7 Å². The Bertz CT molecular complexity index is 327. The van der Waals surface area contributed by atoms with E-state index in [1.165, 1.54) is 0 Å². The van der Waals surface area contributed by atoms with E-state index in [0.717, 1.165) is 0 Å². The maximum absolute atomic E-state index is 11.9. The first kappa shape index (κ1) is 17.9. The van der Waals surface area contributed by atoms with Crippen LogP contribution in [0.2, 0.25) is 0 Å². The van der Waals surface area contributed by atoms with Crippen molar-refractivity contribution in [3.63, 3.8) is 0 Å². The van der Waals surface area contributed by atoms with E-state index in [0.29, 0.717) is 6.42 Å². The van der Waals surface area contributed by atoms with Crippen LogP contribution in [-0.4, -0.2) is 29.6 Å². The van der Waals surface area contributed by atoms with E-state index in [1.807, 2.05) is 41.5 Å². The standard InChI is InChI=1S/C14H28N2O3/c1-13(2,3)7-9(12(18)19)8-16-11(17)10(15)14(4,5)6/h9-10H,7-8,15H2,1-6H3,(H,16,17)(H,18,19). The molecule has 0 aliphatic rings. The summed E-state index contributed by atoms with van der Waals surface area (Å²) in [5.74, 6) is -1.77. The minimum Gasteiger partial charge on any atom is -0.481 e. The van der Waals surface area contributed by atoms with Crippen LogP contribution in [-0.2, 0) is 9.59 Å². The lowest BCUT2D eigenvalue weighted by Gasteiger charge is -2.27. The molecule has 19 heavy (non-hydrogen) atoms. The highest BCUT2D eigenvalue weighted by Gasteiger charge is 2.29. The SMILES string of the molecule is CC(C)(C)CC(CNC(=O)C(N)C(C)(C)C)C(=O)O. The van der Waals surface area contributed by atoms with Crippen LogP contribution in [0.1, 0.15) is 48.0 Å². The number of hydrogen-bond donors (Lipinski definition) is 3. The van der Waals surface area contributed by atoms with Crippen molar-refractivity contribution in [3.05, 3.63) is 0 Å². The van der Waals surface area contributed by atoms with Gasteiger partial charge in [0, 0.05) is 6.54 Å². The molecule has 5 heteroatoms. The third kappa shape index (κ3) is 7.15. The van der Waals surface area contributed by atoms with Gasteiger partial charge >= 0.3 is 5.97 Å². The Morgan fingerprint density at radius 1 is 1.16 bits per heavy atom. The molecule has 0 bridgehead atoms. The Labute approximate surface area is 115 Å². The van der Waals surface area contributed by atoms with Crippen molar-refractivity contribution >= 4 is 11.9 Å². The number of carboxylic acid groups (broad SMARTS) is 1. The molecule has 0 aromatic heterocycles. The second kappa shape index (κ2) is 6.37. The molecule has 2 atom stereocenters. The first-order valence-corrected chi connectivity index (χ1v) is 6.60. The van der Waals surface area contributed by atoms with Gasteiger partial charge in [0.1, 0.15) is 0 Å². The molecule has 0 fully saturated rings. The third-order valence-corrected chi connectivity index (χ3v) is 2.95. The maximum atomic E-state index is 11.9. The number of carbonyl (C=O) groups excluding carboxylic acids is 1. The molecule has 112 valence electrons. The molecule has 0 aromatic carbocycles. The van der Waals surface area contributed by atoms with E-state index in [-0.39, 0.29) is 23.3 Å². The first-order chi connectivity index (χ1) is 8.34. The van der Waals surface area contributed by atoms with Crippen molar-refractivity contribution in [2.75, 3.05) is 6.54 Å². The topological polar surface area (TPSA) is 92.4 Å². The predicted octanol–water partition coefficient (Wildman–Crippen LogP) is 1.61. The number of carbonyl (C=O) groups is 2. The van der Waals surface area contributed by atoms with Gasteiger partial charge in [-0.3, -0.25) is 9.59 Å². The summed E-state index contributed by atoms with van der Waals surface area (Å²) in [6, 6.07) is -0.642. The predicted molar refractivity (Wildman–Crippen MR) is 75.6 cm³/mol. The van der Waals surface area contributed by atoms with Crippen molar-refractivity contribution in [2.24, 2.45) is 22.5 Å². The first-order valence-electron chi connectivity index (χ1n) is 6.60. The number of rotatable bonds is 5. The van der Waals surface area contributed by atoms with Gasteiger partial charge in [0.2, 0.25) is 5.91 Å². The van der Waals surface area contributed by atoms with Crippen molar-refractivity contribution in [1.29, 1.82) is 0 Å². The highest BCUT2D eigenvalue weighted by molar-refractivity contribution is 5.83. The maximum Gasteiger partial charge on any atom is 0.308 e. The molecule has 5 nitrogen and oxygen atoms in total. The summed E-state index contributed by atoms with van der Waals surface area (Å²) in [5, 5.41) is 11.8. The number of carboxylic acids is 1. The van der Waals surface area contributed by atoms with Crippen LogP contribution in [0, 0.1) is 16.7 Å². The van der Waals surface area contributed by atoms with E-state index < -0.39 is 17.9 Å². The third-order valence-electron chi connectivity index (χ3n) is 2.95. The fourth-order valence-electron chi connectivity index (χ4n) is 1.71. The van der Waals surface area contributed by atoms with Gasteiger partial charge in [-0.1, -0.05) is 41.5 Å². The molecule has 2 unspecified atom stereocenters. The molecular weight excluding hydrogens is 244 g/mol. The molecule has 0 rings (SSSR count). The van der Waals surface area contributed by atoms with Gasteiger partial charge < -0.3 is 16.2 Å². The zero-order chi connectivity index (χ0) is 15.4. The zero-order valence-corrected chi connectivity index (χ0v) is 12.9. The monoisotopic (exact) mass is 272 g/mol. The van der Waals surface area contributed by atoms with Gasteiger partial charge in [-0.25, -0.2) is 0 Å². The van der Waals surface area contributed by atoms with E-state index in [2.05, 4.69) is 5.32 Å². The van der Waals surface area contributed by atoms with E-state index in [4.69, 9.17) is 10.8 Å². The van der Waals surface area contributed by atoms with E-state index in [1.54, 1.807) is 0 Å². The van der Waals surface area contributed by atoms with Gasteiger partial charge in [-0.2, -0.15) is 0 Å². The number of hydrogen-bond acceptors (Lipinski definition) is 3. The van der Waals surface area contributed by atoms with Gasteiger partial charge in [0.15, 0.2) is 0 Å². The molecule has 0 saturated carbocycles. The Kier molecular flexibility index (Phi) is 6.00. The number of amides is 1. The largest absolute Gasteiger partial charge is 0.481 e. The van der Waals surface area contributed by atoms with Crippen LogP contribution in [0.3, 0.4) is 0 Å². The molecule has 0 aromatic rings. The van der Waals surface area contributed by atoms with Gasteiger partial charge in [0.25, 0.3) is 0 Å². The van der Waals surface area contributed by atoms with Crippen molar-refractivity contribution in [2.45, 2.75) is 54.0 Å². The van der Waals surface area contributed by atoms with Gasteiger partial charge in [0.05, 0.1) is 12.0 Å². The van der Waals surface area contributed by atoms with Crippen LogP contribution < -0.4 is 11.1 Å². The van der Waals surface area contributed by atoms with Gasteiger partial charge in [-0.05, 0) is 17.3 Å². The Morgan fingerprint density at radius 2 is 1.63 bits per heavy atom. The normalized spacial score (nSPS) is 15.7. The zero-order valence-electron chi connectivity index (χ0n) is 12.9. The summed E-state index contributed by atoms with van der Waals surface area (Å²) < 4.78 is 0. The summed E-state index contributed by atoms with van der Waals surface area (Å²) >= 11 is 0. The van der Waals surface area contributed by atoms with E-state index >= 15 is 0 Å².